The van der Waals surface area contributed by atoms with Crippen LogP contribution in [0.15, 0.2) is 27.8 Å². The highest BCUT2D eigenvalue weighted by Gasteiger charge is 2.25. The van der Waals surface area contributed by atoms with Gasteiger partial charge in [-0.15, -0.1) is 11.8 Å². The van der Waals surface area contributed by atoms with Crippen LogP contribution in [0.2, 0.25) is 0 Å². The van der Waals surface area contributed by atoms with Gasteiger partial charge in [0.2, 0.25) is 0 Å². The molecule has 0 amide bonds. The molecule has 0 radical (unpaired) electrons. The van der Waals surface area contributed by atoms with Crippen molar-refractivity contribution in [2.75, 3.05) is 12.3 Å². The van der Waals surface area contributed by atoms with Gasteiger partial charge in [0.05, 0.1) is 5.03 Å². The van der Waals surface area contributed by atoms with Crippen molar-refractivity contribution in [2.45, 2.75) is 50.1 Å². The fourth-order valence-electron chi connectivity index (χ4n) is 2.74. The smallest absolute Gasteiger partial charge is 0.0960 e. The number of thioether (sulfide) groups is 1. The Morgan fingerprint density at radius 2 is 2.32 bits per heavy atom. The van der Waals surface area contributed by atoms with Crippen LogP contribution in [0.3, 0.4) is 0 Å². The second kappa shape index (κ2) is 8.28. The van der Waals surface area contributed by atoms with E-state index in [9.17, 15) is 0 Å². The van der Waals surface area contributed by atoms with Crippen molar-refractivity contribution in [3.63, 3.8) is 0 Å². The van der Waals surface area contributed by atoms with Crippen LogP contribution in [0.1, 0.15) is 39.0 Å². The molecule has 4 heteroatoms. The Balaban J connectivity index is 1.71. The van der Waals surface area contributed by atoms with E-state index < -0.39 is 0 Å². The summed E-state index contributed by atoms with van der Waals surface area (Å²) in [5, 5.41) is 4.84. The molecule has 1 fully saturated rings. The summed E-state index contributed by atoms with van der Waals surface area (Å²) in [5.41, 5.74) is 0. The van der Waals surface area contributed by atoms with Gasteiger partial charge in [-0.05, 0) is 72.0 Å². The zero-order valence-electron chi connectivity index (χ0n) is 11.6. The topological polar surface area (TPSA) is 24.9 Å². The van der Waals surface area contributed by atoms with Crippen molar-refractivity contribution in [3.8, 4) is 0 Å². The van der Waals surface area contributed by atoms with Crippen LogP contribution in [0.4, 0.5) is 0 Å². The first-order valence-electron chi connectivity index (χ1n) is 7.27. The van der Waals surface area contributed by atoms with E-state index in [2.05, 4.69) is 45.3 Å². The number of nitrogens with one attached hydrogen (secondary N) is 1. The lowest BCUT2D eigenvalue weighted by Crippen LogP contribution is -2.33. The molecule has 2 unspecified atom stereocenters. The second-order valence-electron chi connectivity index (χ2n) is 5.20. The molecule has 1 N–H and O–H groups in total. The van der Waals surface area contributed by atoms with E-state index in [-0.39, 0.29) is 0 Å². The van der Waals surface area contributed by atoms with E-state index in [0.717, 1.165) is 21.5 Å². The van der Waals surface area contributed by atoms with Crippen molar-refractivity contribution < 1.29 is 0 Å². The summed E-state index contributed by atoms with van der Waals surface area (Å²) in [6, 6.07) is 4.92. The number of pyridine rings is 1. The lowest BCUT2D eigenvalue weighted by Gasteiger charge is -2.20. The molecule has 0 spiro atoms. The van der Waals surface area contributed by atoms with Crippen LogP contribution in [0, 0.1) is 5.92 Å². The Morgan fingerprint density at radius 3 is 3.05 bits per heavy atom. The van der Waals surface area contributed by atoms with E-state index in [0.29, 0.717) is 0 Å². The average molecular weight is 343 g/mol. The molecule has 1 aliphatic rings. The lowest BCUT2D eigenvalue weighted by atomic mass is 10.0. The predicted molar refractivity (Wildman–Crippen MR) is 86.7 cm³/mol. The van der Waals surface area contributed by atoms with Crippen LogP contribution in [-0.2, 0) is 0 Å². The number of halogens is 1. The Hall–Kier alpha value is -0.0600. The lowest BCUT2D eigenvalue weighted by molar-refractivity contribution is 0.393. The maximum atomic E-state index is 4.41. The molecule has 0 bridgehead atoms. The summed E-state index contributed by atoms with van der Waals surface area (Å²) in [7, 11) is 0. The average Bonchev–Trinajstić information content (AvgIpc) is 2.86. The van der Waals surface area contributed by atoms with Crippen molar-refractivity contribution in [1.29, 1.82) is 0 Å². The summed E-state index contributed by atoms with van der Waals surface area (Å²) in [5.74, 6) is 2.05. The first kappa shape index (κ1) is 15.3. The monoisotopic (exact) mass is 342 g/mol. The van der Waals surface area contributed by atoms with Gasteiger partial charge in [-0.25, -0.2) is 4.98 Å². The zero-order valence-corrected chi connectivity index (χ0v) is 14.0. The van der Waals surface area contributed by atoms with E-state index >= 15 is 0 Å². The van der Waals surface area contributed by atoms with Crippen molar-refractivity contribution in [1.82, 2.24) is 10.3 Å². The first-order chi connectivity index (χ1) is 9.29. The van der Waals surface area contributed by atoms with Gasteiger partial charge in [0, 0.05) is 16.7 Å². The molecule has 2 atom stereocenters. The van der Waals surface area contributed by atoms with Gasteiger partial charge >= 0.3 is 0 Å². The Kier molecular flexibility index (Phi) is 6.68. The maximum Gasteiger partial charge on any atom is 0.0960 e. The van der Waals surface area contributed by atoms with E-state index in [4.69, 9.17) is 0 Å². The minimum atomic E-state index is 0.762. The van der Waals surface area contributed by atoms with Gasteiger partial charge in [0.1, 0.15) is 0 Å². The van der Waals surface area contributed by atoms with Gasteiger partial charge < -0.3 is 5.32 Å². The fraction of sp³-hybridized carbons (Fsp3) is 0.667. The molecule has 19 heavy (non-hydrogen) atoms. The Labute approximate surface area is 129 Å². The summed E-state index contributed by atoms with van der Waals surface area (Å²) in [6.45, 7) is 3.41. The Morgan fingerprint density at radius 1 is 1.42 bits per heavy atom. The van der Waals surface area contributed by atoms with Crippen LogP contribution in [0.5, 0.6) is 0 Å². The molecular weight excluding hydrogens is 320 g/mol. The highest BCUT2D eigenvalue weighted by atomic mass is 79.9. The molecule has 1 aromatic heterocycles. The molecule has 0 saturated heterocycles. The molecule has 1 aliphatic carbocycles. The van der Waals surface area contributed by atoms with Gasteiger partial charge in [-0.2, -0.15) is 0 Å². The minimum Gasteiger partial charge on any atom is -0.314 e. The molecule has 1 heterocycles. The molecule has 1 aromatic rings. The summed E-state index contributed by atoms with van der Waals surface area (Å²) < 4.78 is 1.05. The number of hydrogen-bond donors (Lipinski definition) is 1. The number of nitrogens with zero attached hydrogens (tertiary/aromatic N) is 1. The van der Waals surface area contributed by atoms with Crippen LogP contribution >= 0.6 is 27.7 Å². The van der Waals surface area contributed by atoms with Crippen LogP contribution < -0.4 is 5.32 Å². The van der Waals surface area contributed by atoms with Gasteiger partial charge in [-0.3, -0.25) is 0 Å². The molecule has 2 rings (SSSR count). The van der Waals surface area contributed by atoms with Crippen molar-refractivity contribution in [3.05, 3.63) is 22.8 Å². The number of hydrogen-bond acceptors (Lipinski definition) is 3. The number of aromatic nitrogens is 1. The predicted octanol–water partition coefficient (Wildman–Crippen LogP) is 4.49. The number of rotatable bonds is 7. The van der Waals surface area contributed by atoms with E-state index in [1.165, 1.54) is 44.4 Å². The molecular formula is C15H23BrN2S. The van der Waals surface area contributed by atoms with Gasteiger partial charge in [0.25, 0.3) is 0 Å². The maximum absolute atomic E-state index is 4.41. The van der Waals surface area contributed by atoms with Crippen molar-refractivity contribution >= 4 is 27.7 Å². The third kappa shape index (κ3) is 5.09. The third-order valence-electron chi connectivity index (χ3n) is 3.75. The quantitative estimate of drug-likeness (QED) is 0.738. The van der Waals surface area contributed by atoms with Gasteiger partial charge in [0.15, 0.2) is 0 Å². The minimum absolute atomic E-state index is 0.762. The molecule has 106 valence electrons. The molecule has 0 aliphatic heterocycles. The summed E-state index contributed by atoms with van der Waals surface area (Å²) in [4.78, 5) is 4.41. The third-order valence-corrected chi connectivity index (χ3v) is 5.20. The zero-order chi connectivity index (χ0) is 13.5. The normalized spacial score (nSPS) is 22.8. The largest absolute Gasteiger partial charge is 0.314 e. The Bertz CT molecular complexity index is 369. The van der Waals surface area contributed by atoms with Crippen LogP contribution in [0.25, 0.3) is 0 Å². The van der Waals surface area contributed by atoms with Gasteiger partial charge in [-0.1, -0.05) is 13.3 Å². The fourth-order valence-corrected chi connectivity index (χ4v) is 3.90. The standard InChI is InChI=1S/C15H23BrN2S/c1-2-9-17-14-5-3-4-12(14)8-10-19-15-7-6-13(16)11-18-15/h6-7,11-12,14,17H,2-5,8-10H2,1H3. The SMILES string of the molecule is CCCNC1CCCC1CCSc1ccc(Br)cn1. The molecule has 0 aromatic carbocycles. The van der Waals surface area contributed by atoms with Crippen molar-refractivity contribution in [2.24, 2.45) is 5.92 Å². The molecule has 2 nitrogen and oxygen atoms in total. The van der Waals surface area contributed by atoms with E-state index in [1.54, 1.807) is 0 Å². The highest BCUT2D eigenvalue weighted by molar-refractivity contribution is 9.10. The summed E-state index contributed by atoms with van der Waals surface area (Å²) in [6.07, 6.45) is 8.59. The second-order valence-corrected chi connectivity index (χ2v) is 7.23. The van der Waals surface area contributed by atoms with E-state index in [1.807, 2.05) is 18.0 Å². The highest BCUT2D eigenvalue weighted by Crippen LogP contribution is 2.30. The first-order valence-corrected chi connectivity index (χ1v) is 9.05. The summed E-state index contributed by atoms with van der Waals surface area (Å²) >= 11 is 5.30. The molecule has 1 saturated carbocycles. The van der Waals surface area contributed by atoms with Crippen LogP contribution in [-0.4, -0.2) is 23.3 Å².